The van der Waals surface area contributed by atoms with Crippen molar-refractivity contribution in [2.24, 2.45) is 7.05 Å². The number of phenolic OH excluding ortho intramolecular Hbond substituents is 1. The lowest BCUT2D eigenvalue weighted by molar-refractivity contribution is -0.678. The molecule has 4 rings (SSSR count). The van der Waals surface area contributed by atoms with Crippen LogP contribution in [0.1, 0.15) is 81.1 Å². The Morgan fingerprint density at radius 1 is 0.811 bits per heavy atom. The quantitative estimate of drug-likeness (QED) is 0.299. The average molecular weight is 498 g/mol. The summed E-state index contributed by atoms with van der Waals surface area (Å²) in [6.45, 7) is 15.1. The smallest absolute Gasteiger partial charge is 0.273 e. The van der Waals surface area contributed by atoms with Gasteiger partial charge in [0.05, 0.1) is 14.2 Å². The van der Waals surface area contributed by atoms with E-state index in [0.717, 1.165) is 28.4 Å². The minimum atomic E-state index is -0.210. The van der Waals surface area contributed by atoms with Crippen LogP contribution in [-0.2, 0) is 17.9 Å². The van der Waals surface area contributed by atoms with Crippen LogP contribution in [0, 0.1) is 6.92 Å². The number of methoxy groups -OCH3 is 1. The molecule has 0 aliphatic heterocycles. The van der Waals surface area contributed by atoms with Crippen LogP contribution in [0.15, 0.2) is 73.1 Å². The van der Waals surface area contributed by atoms with E-state index in [4.69, 9.17) is 4.74 Å². The number of benzene rings is 3. The van der Waals surface area contributed by atoms with Crippen LogP contribution < -0.4 is 9.30 Å². The van der Waals surface area contributed by atoms with Crippen LogP contribution in [0.5, 0.6) is 11.5 Å². The van der Waals surface area contributed by atoms with Crippen molar-refractivity contribution in [3.8, 4) is 17.2 Å². The molecule has 1 N–H and O–H groups in total. The van der Waals surface area contributed by atoms with Crippen LogP contribution in [0.4, 0.5) is 0 Å². The van der Waals surface area contributed by atoms with Crippen molar-refractivity contribution in [2.45, 2.75) is 65.2 Å². The van der Waals surface area contributed by atoms with Crippen LogP contribution >= 0.6 is 0 Å². The summed E-state index contributed by atoms with van der Waals surface area (Å²) in [5, 5.41) is 11.4. The average Bonchev–Trinajstić information content (AvgIpc) is 3.20. The maximum absolute atomic E-state index is 11.4. The zero-order valence-corrected chi connectivity index (χ0v) is 23.8. The topological polar surface area (TPSA) is 38.3 Å². The summed E-state index contributed by atoms with van der Waals surface area (Å²) in [6, 6.07) is 21.4. The van der Waals surface area contributed by atoms with Gasteiger partial charge in [0.2, 0.25) is 0 Å². The molecule has 0 spiro atoms. The highest BCUT2D eigenvalue weighted by atomic mass is 16.5. The summed E-state index contributed by atoms with van der Waals surface area (Å²) in [6.07, 6.45) is 4.23. The third kappa shape index (κ3) is 5.29. The van der Waals surface area contributed by atoms with Crippen molar-refractivity contribution >= 4 is 0 Å². The third-order valence-corrected chi connectivity index (χ3v) is 7.15. The molecule has 0 radical (unpaired) electrons. The summed E-state index contributed by atoms with van der Waals surface area (Å²) in [5.41, 5.74) is 6.19. The molecule has 0 saturated heterocycles. The Kier molecular flexibility index (Phi) is 6.98. The van der Waals surface area contributed by atoms with E-state index in [0.29, 0.717) is 5.75 Å². The van der Waals surface area contributed by atoms with Crippen LogP contribution in [0.25, 0.3) is 5.69 Å². The summed E-state index contributed by atoms with van der Waals surface area (Å²) in [7, 11) is 3.79. The molecule has 1 heterocycles. The minimum Gasteiger partial charge on any atom is -0.507 e. The molecule has 3 aromatic carbocycles. The molecule has 0 bridgehead atoms. The largest absolute Gasteiger partial charge is 0.507 e. The zero-order chi connectivity index (χ0) is 27.1. The van der Waals surface area contributed by atoms with Crippen molar-refractivity contribution in [3.63, 3.8) is 0 Å². The maximum Gasteiger partial charge on any atom is 0.273 e. The molecule has 0 saturated carbocycles. The summed E-state index contributed by atoms with van der Waals surface area (Å²) >= 11 is 0. The molecule has 0 aliphatic carbocycles. The van der Waals surface area contributed by atoms with Gasteiger partial charge in [0.25, 0.3) is 5.82 Å². The Balaban J connectivity index is 2.04. The van der Waals surface area contributed by atoms with E-state index in [-0.39, 0.29) is 16.7 Å². The molecular formula is C33H41N2O2+. The van der Waals surface area contributed by atoms with Crippen molar-refractivity contribution < 1.29 is 14.4 Å². The SMILES string of the molecule is COc1ccc(-n2cc[n+](C)c2C(c2ccc(C)cc2)c2cc(C(C)(C)C)c(O)c(C(C)(C)C)c2)cc1. The fourth-order valence-corrected chi connectivity index (χ4v) is 5.01. The van der Waals surface area contributed by atoms with Gasteiger partial charge in [0.15, 0.2) is 0 Å². The Morgan fingerprint density at radius 3 is 1.84 bits per heavy atom. The van der Waals surface area contributed by atoms with Gasteiger partial charge < -0.3 is 9.84 Å². The number of aromatic nitrogens is 2. The molecule has 37 heavy (non-hydrogen) atoms. The number of ether oxygens (including phenoxy) is 1. The molecule has 0 amide bonds. The highest BCUT2D eigenvalue weighted by Crippen LogP contribution is 2.43. The van der Waals surface area contributed by atoms with Gasteiger partial charge >= 0.3 is 0 Å². The molecule has 4 heteroatoms. The second kappa shape index (κ2) is 9.74. The first-order valence-electron chi connectivity index (χ1n) is 13.0. The molecule has 1 aromatic heterocycles. The van der Waals surface area contributed by atoms with Crippen LogP contribution in [-0.4, -0.2) is 16.8 Å². The fraction of sp³-hybridized carbons (Fsp3) is 0.364. The molecule has 0 fully saturated rings. The monoisotopic (exact) mass is 497 g/mol. The minimum absolute atomic E-state index is 0.0505. The summed E-state index contributed by atoms with van der Waals surface area (Å²) < 4.78 is 9.86. The Labute approximate surface area is 222 Å². The highest BCUT2D eigenvalue weighted by molar-refractivity contribution is 5.54. The van der Waals surface area contributed by atoms with Gasteiger partial charge in [0.1, 0.15) is 35.5 Å². The number of rotatable bonds is 5. The fourth-order valence-electron chi connectivity index (χ4n) is 5.01. The summed E-state index contributed by atoms with van der Waals surface area (Å²) in [5.74, 6) is 2.33. The van der Waals surface area contributed by atoms with E-state index in [2.05, 4.69) is 126 Å². The van der Waals surface area contributed by atoms with E-state index >= 15 is 0 Å². The molecule has 0 aliphatic rings. The van der Waals surface area contributed by atoms with E-state index in [1.807, 2.05) is 12.1 Å². The van der Waals surface area contributed by atoms with E-state index in [1.165, 1.54) is 16.7 Å². The number of aryl methyl sites for hydroxylation is 2. The Bertz CT molecular complexity index is 1350. The Hall–Kier alpha value is -3.53. The van der Waals surface area contributed by atoms with Crippen molar-refractivity contribution in [2.75, 3.05) is 7.11 Å². The number of imidazole rings is 1. The molecule has 4 nitrogen and oxygen atoms in total. The first-order chi connectivity index (χ1) is 17.3. The number of phenols is 1. The van der Waals surface area contributed by atoms with Crippen molar-refractivity contribution in [1.29, 1.82) is 0 Å². The molecule has 4 aromatic rings. The first-order valence-corrected chi connectivity index (χ1v) is 13.0. The van der Waals surface area contributed by atoms with E-state index in [9.17, 15) is 5.11 Å². The highest BCUT2D eigenvalue weighted by Gasteiger charge is 2.34. The predicted octanol–water partition coefficient (Wildman–Crippen LogP) is 7.10. The van der Waals surface area contributed by atoms with Crippen LogP contribution in [0.3, 0.4) is 0 Å². The van der Waals surface area contributed by atoms with E-state index in [1.54, 1.807) is 7.11 Å². The normalized spacial score (nSPS) is 13.0. The van der Waals surface area contributed by atoms with Gasteiger partial charge in [-0.15, -0.1) is 0 Å². The standard InChI is InChI=1S/C33H40N2O2/c1-22-10-12-23(13-11-22)29(24-20-27(32(2,3)4)30(36)28(21-24)33(5,6)7)31-34(8)18-19-35(31)25-14-16-26(37-9)17-15-25/h10-21,29H,1-9H3/p+1. The first kappa shape index (κ1) is 26.5. The zero-order valence-electron chi connectivity index (χ0n) is 23.8. The predicted molar refractivity (Wildman–Crippen MR) is 151 cm³/mol. The molecule has 1 unspecified atom stereocenters. The number of aromatic hydroxyl groups is 1. The van der Waals surface area contributed by atoms with Crippen molar-refractivity contribution in [1.82, 2.24) is 4.57 Å². The van der Waals surface area contributed by atoms with Gasteiger partial charge in [-0.25, -0.2) is 4.57 Å². The number of hydrogen-bond donors (Lipinski definition) is 1. The van der Waals surface area contributed by atoms with Gasteiger partial charge in [0, 0.05) is 0 Å². The van der Waals surface area contributed by atoms with Crippen LogP contribution in [0.2, 0.25) is 0 Å². The molecule has 1 atom stereocenters. The lowest BCUT2D eigenvalue weighted by Crippen LogP contribution is -2.35. The lowest BCUT2D eigenvalue weighted by Gasteiger charge is -2.29. The van der Waals surface area contributed by atoms with Gasteiger partial charge in [-0.3, -0.25) is 0 Å². The second-order valence-corrected chi connectivity index (χ2v) is 12.1. The van der Waals surface area contributed by atoms with Gasteiger partial charge in [-0.2, -0.15) is 4.57 Å². The third-order valence-electron chi connectivity index (χ3n) is 7.15. The second-order valence-electron chi connectivity index (χ2n) is 12.1. The van der Waals surface area contributed by atoms with Crippen molar-refractivity contribution in [3.05, 3.63) is 107 Å². The number of hydrogen-bond acceptors (Lipinski definition) is 2. The molecular weight excluding hydrogens is 456 g/mol. The molecule has 194 valence electrons. The lowest BCUT2D eigenvalue weighted by atomic mass is 9.76. The van der Waals surface area contributed by atoms with Gasteiger partial charge in [-0.05, 0) is 64.3 Å². The Morgan fingerprint density at radius 2 is 1.35 bits per heavy atom. The maximum atomic E-state index is 11.4. The van der Waals surface area contributed by atoms with E-state index < -0.39 is 0 Å². The van der Waals surface area contributed by atoms with Gasteiger partial charge in [-0.1, -0.05) is 83.5 Å². The number of nitrogens with zero attached hydrogens (tertiary/aromatic N) is 2. The summed E-state index contributed by atoms with van der Waals surface area (Å²) in [4.78, 5) is 0.